The third kappa shape index (κ3) is 3.67. The highest BCUT2D eigenvalue weighted by atomic mass is 32.1. The number of fused-ring (bicyclic) bond motifs is 3. The van der Waals surface area contributed by atoms with Crippen molar-refractivity contribution in [3.63, 3.8) is 0 Å². The lowest BCUT2D eigenvalue weighted by atomic mass is 9.97. The maximum absolute atomic E-state index is 12.6. The third-order valence-corrected chi connectivity index (χ3v) is 6.30. The van der Waals surface area contributed by atoms with Crippen LogP contribution in [0.4, 0.5) is 5.69 Å². The lowest BCUT2D eigenvalue weighted by molar-refractivity contribution is -0.116. The van der Waals surface area contributed by atoms with Gasteiger partial charge in [0.1, 0.15) is 10.7 Å². The van der Waals surface area contributed by atoms with E-state index in [9.17, 15) is 9.59 Å². The standard InChI is InChI=1S/C21H23N3O2S/c1-12-7-8-15(13(2)11-12)22-18(25)10-9-17-23-20(26)19-14-5-3-4-6-16(14)27-21(19)24-17/h7-8,11H,3-6,9-10H2,1-2H3,(H,22,25)(H,23,24,26). The van der Waals surface area contributed by atoms with E-state index in [1.54, 1.807) is 11.3 Å². The van der Waals surface area contributed by atoms with Gasteiger partial charge in [0.15, 0.2) is 0 Å². The van der Waals surface area contributed by atoms with Crippen molar-refractivity contribution >= 4 is 33.1 Å². The van der Waals surface area contributed by atoms with E-state index in [-0.39, 0.29) is 17.9 Å². The number of aromatic nitrogens is 2. The van der Waals surface area contributed by atoms with Gasteiger partial charge in [-0.3, -0.25) is 9.59 Å². The first kappa shape index (κ1) is 17.9. The number of carbonyl (C=O) groups is 1. The second kappa shape index (κ2) is 7.27. The molecule has 0 saturated heterocycles. The number of carbonyl (C=O) groups excluding carboxylic acids is 1. The van der Waals surface area contributed by atoms with E-state index in [4.69, 9.17) is 0 Å². The van der Waals surface area contributed by atoms with Crippen LogP contribution in [-0.4, -0.2) is 15.9 Å². The SMILES string of the molecule is Cc1ccc(NC(=O)CCc2nc3sc4c(c3c(=O)[nH]2)CCCC4)c(C)c1. The fourth-order valence-electron chi connectivity index (χ4n) is 3.73. The lowest BCUT2D eigenvalue weighted by Gasteiger charge is -2.10. The van der Waals surface area contributed by atoms with Crippen molar-refractivity contribution < 1.29 is 4.79 Å². The van der Waals surface area contributed by atoms with Crippen LogP contribution in [0.2, 0.25) is 0 Å². The molecule has 0 aliphatic heterocycles. The number of amides is 1. The Morgan fingerprint density at radius 3 is 2.89 bits per heavy atom. The van der Waals surface area contributed by atoms with Crippen LogP contribution in [0, 0.1) is 13.8 Å². The molecule has 0 fully saturated rings. The molecule has 27 heavy (non-hydrogen) atoms. The summed E-state index contributed by atoms with van der Waals surface area (Å²) >= 11 is 1.64. The van der Waals surface area contributed by atoms with Gasteiger partial charge >= 0.3 is 0 Å². The van der Waals surface area contributed by atoms with E-state index >= 15 is 0 Å². The Hall–Kier alpha value is -2.47. The largest absolute Gasteiger partial charge is 0.326 e. The topological polar surface area (TPSA) is 74.8 Å². The number of benzene rings is 1. The number of aromatic amines is 1. The summed E-state index contributed by atoms with van der Waals surface area (Å²) in [6.07, 6.45) is 5.04. The van der Waals surface area contributed by atoms with Crippen LogP contribution in [0.25, 0.3) is 10.2 Å². The molecule has 1 aliphatic carbocycles. The van der Waals surface area contributed by atoms with Crippen LogP contribution in [0.3, 0.4) is 0 Å². The van der Waals surface area contributed by atoms with Crippen LogP contribution in [-0.2, 0) is 24.1 Å². The zero-order valence-corrected chi connectivity index (χ0v) is 16.5. The molecule has 4 rings (SSSR count). The van der Waals surface area contributed by atoms with Gasteiger partial charge in [-0.25, -0.2) is 4.98 Å². The van der Waals surface area contributed by atoms with Crippen molar-refractivity contribution in [2.45, 2.75) is 52.4 Å². The van der Waals surface area contributed by atoms with E-state index < -0.39 is 0 Å². The molecule has 6 heteroatoms. The first-order chi connectivity index (χ1) is 13.0. The minimum Gasteiger partial charge on any atom is -0.326 e. The van der Waals surface area contributed by atoms with Crippen molar-refractivity contribution in [2.24, 2.45) is 0 Å². The molecule has 0 radical (unpaired) electrons. The highest BCUT2D eigenvalue weighted by Crippen LogP contribution is 2.33. The Bertz CT molecular complexity index is 1080. The van der Waals surface area contributed by atoms with Crippen molar-refractivity contribution in [2.75, 3.05) is 5.32 Å². The van der Waals surface area contributed by atoms with Crippen LogP contribution in [0.1, 0.15) is 46.7 Å². The normalized spacial score (nSPS) is 13.6. The minimum absolute atomic E-state index is 0.0656. The fourth-order valence-corrected chi connectivity index (χ4v) is 5.01. The predicted octanol–water partition coefficient (Wildman–Crippen LogP) is 4.05. The number of nitrogens with one attached hydrogen (secondary N) is 2. The summed E-state index contributed by atoms with van der Waals surface area (Å²) in [7, 11) is 0. The zero-order chi connectivity index (χ0) is 19.0. The molecular formula is C21H23N3O2S. The molecule has 2 heterocycles. The van der Waals surface area contributed by atoms with E-state index in [1.807, 2.05) is 32.0 Å². The summed E-state index contributed by atoms with van der Waals surface area (Å²) in [4.78, 5) is 34.5. The average molecular weight is 382 g/mol. The molecule has 0 unspecified atom stereocenters. The summed E-state index contributed by atoms with van der Waals surface area (Å²) < 4.78 is 0. The zero-order valence-electron chi connectivity index (χ0n) is 15.6. The molecule has 0 bridgehead atoms. The first-order valence-corrected chi connectivity index (χ1v) is 10.2. The Labute approximate surface area is 161 Å². The van der Waals surface area contributed by atoms with Gasteiger partial charge in [0.2, 0.25) is 5.91 Å². The highest BCUT2D eigenvalue weighted by Gasteiger charge is 2.19. The van der Waals surface area contributed by atoms with Crippen LogP contribution in [0.15, 0.2) is 23.0 Å². The Morgan fingerprint density at radius 1 is 1.26 bits per heavy atom. The fraction of sp³-hybridized carbons (Fsp3) is 0.381. The van der Waals surface area contributed by atoms with Gasteiger partial charge in [-0.2, -0.15) is 0 Å². The van der Waals surface area contributed by atoms with Gasteiger partial charge in [0, 0.05) is 23.4 Å². The Balaban J connectivity index is 1.48. The van der Waals surface area contributed by atoms with Crippen LogP contribution < -0.4 is 10.9 Å². The molecule has 2 N–H and O–H groups in total. The minimum atomic E-state index is -0.0739. The van der Waals surface area contributed by atoms with Gasteiger partial charge in [-0.1, -0.05) is 17.7 Å². The van der Waals surface area contributed by atoms with E-state index in [0.717, 1.165) is 40.7 Å². The van der Waals surface area contributed by atoms with Crippen molar-refractivity contribution in [1.29, 1.82) is 0 Å². The van der Waals surface area contributed by atoms with Crippen molar-refractivity contribution in [1.82, 2.24) is 9.97 Å². The number of hydrogen-bond donors (Lipinski definition) is 2. The summed E-state index contributed by atoms with van der Waals surface area (Å²) in [6, 6.07) is 5.94. The van der Waals surface area contributed by atoms with Crippen molar-refractivity contribution in [3.05, 3.63) is 55.9 Å². The molecule has 1 aliphatic rings. The molecule has 0 atom stereocenters. The molecule has 5 nitrogen and oxygen atoms in total. The molecule has 0 spiro atoms. The number of thiophene rings is 1. The highest BCUT2D eigenvalue weighted by molar-refractivity contribution is 7.18. The van der Waals surface area contributed by atoms with Gasteiger partial charge in [-0.15, -0.1) is 11.3 Å². The quantitative estimate of drug-likeness (QED) is 0.716. The molecule has 140 valence electrons. The van der Waals surface area contributed by atoms with Gasteiger partial charge in [0.25, 0.3) is 5.56 Å². The van der Waals surface area contributed by atoms with E-state index in [0.29, 0.717) is 12.2 Å². The summed E-state index contributed by atoms with van der Waals surface area (Å²) in [6.45, 7) is 4.01. The smallest absolute Gasteiger partial charge is 0.259 e. The first-order valence-electron chi connectivity index (χ1n) is 9.42. The van der Waals surface area contributed by atoms with Crippen molar-refractivity contribution in [3.8, 4) is 0 Å². The number of H-pyrrole nitrogens is 1. The van der Waals surface area contributed by atoms with E-state index in [2.05, 4.69) is 15.3 Å². The van der Waals surface area contributed by atoms with Gasteiger partial charge in [0.05, 0.1) is 5.39 Å². The predicted molar refractivity (Wildman–Crippen MR) is 110 cm³/mol. The number of aryl methyl sites for hydroxylation is 5. The molecule has 2 aromatic heterocycles. The monoisotopic (exact) mass is 381 g/mol. The lowest BCUT2D eigenvalue weighted by Crippen LogP contribution is -2.17. The summed E-state index contributed by atoms with van der Waals surface area (Å²) in [5.74, 6) is 0.511. The average Bonchev–Trinajstić information content (AvgIpc) is 3.01. The number of rotatable bonds is 4. The molecule has 0 saturated carbocycles. The molecule has 1 amide bonds. The molecule has 3 aromatic rings. The molecule has 1 aromatic carbocycles. The Kier molecular flexibility index (Phi) is 4.83. The van der Waals surface area contributed by atoms with Crippen LogP contribution >= 0.6 is 11.3 Å². The number of hydrogen-bond acceptors (Lipinski definition) is 4. The summed E-state index contributed by atoms with van der Waals surface area (Å²) in [5, 5.41) is 3.71. The second-order valence-corrected chi connectivity index (χ2v) is 8.35. The van der Waals surface area contributed by atoms with Gasteiger partial charge in [-0.05, 0) is 56.7 Å². The maximum atomic E-state index is 12.6. The van der Waals surface area contributed by atoms with E-state index in [1.165, 1.54) is 22.4 Å². The summed E-state index contributed by atoms with van der Waals surface area (Å²) in [5.41, 5.74) is 4.16. The maximum Gasteiger partial charge on any atom is 0.259 e. The van der Waals surface area contributed by atoms with Gasteiger partial charge < -0.3 is 10.3 Å². The van der Waals surface area contributed by atoms with Crippen LogP contribution in [0.5, 0.6) is 0 Å². The number of nitrogens with zero attached hydrogens (tertiary/aromatic N) is 1. The number of anilines is 1. The second-order valence-electron chi connectivity index (χ2n) is 7.27. The Morgan fingerprint density at radius 2 is 2.07 bits per heavy atom. The molecular weight excluding hydrogens is 358 g/mol. The third-order valence-electron chi connectivity index (χ3n) is 5.12.